The number of hydrogen-bond acceptors (Lipinski definition) is 1. The Kier molecular flexibility index (Phi) is 6.40. The Hall–Kier alpha value is 1.19. The molecule has 0 aliphatic carbocycles. The molecular weight excluding hydrogens is 195 g/mol. The first-order chi connectivity index (χ1) is 5.08. The van der Waals surface area contributed by atoms with Crippen molar-refractivity contribution in [1.82, 2.24) is 0 Å². The summed E-state index contributed by atoms with van der Waals surface area (Å²) in [6, 6.07) is 0. The normalized spacial score (nSPS) is 22.1. The van der Waals surface area contributed by atoms with Crippen molar-refractivity contribution in [1.29, 1.82) is 0 Å². The molecule has 1 saturated heterocycles. The number of hydrogen-bond donors (Lipinski definition) is 0. The Morgan fingerprint density at radius 2 is 2.00 bits per heavy atom. The van der Waals surface area contributed by atoms with E-state index in [0.717, 1.165) is 0 Å². The van der Waals surface area contributed by atoms with E-state index in [1.54, 1.807) is 0 Å². The predicted octanol–water partition coefficient (Wildman–Crippen LogP) is -0.886. The third kappa shape index (κ3) is 5.77. The van der Waals surface area contributed by atoms with Crippen molar-refractivity contribution in [2.45, 2.75) is 12.8 Å². The van der Waals surface area contributed by atoms with Crippen molar-refractivity contribution < 1.29 is 69.1 Å². The van der Waals surface area contributed by atoms with E-state index in [1.807, 2.05) is 0 Å². The third-order valence-corrected chi connectivity index (χ3v) is 1.50. The van der Waals surface area contributed by atoms with Gasteiger partial charge in [0.15, 0.2) is 0 Å². The average molecular weight is 204 g/mol. The molecule has 0 radical (unpaired) electrons. The molecule has 0 spiro atoms. The summed E-state index contributed by atoms with van der Waals surface area (Å²) < 4.78 is 40.2. The van der Waals surface area contributed by atoms with Crippen molar-refractivity contribution in [3.8, 4) is 0 Å². The Bertz CT molecular complexity index is 161. The summed E-state index contributed by atoms with van der Waals surface area (Å²) in [5.41, 5.74) is 0.378. The van der Waals surface area contributed by atoms with Crippen molar-refractivity contribution >= 4 is 6.98 Å². The van der Waals surface area contributed by atoms with Crippen LogP contribution in [0.25, 0.3) is 0 Å². The number of rotatable bonds is 1. The molecule has 6 heteroatoms. The molecule has 0 amide bonds. The average Bonchev–Trinajstić information content (AvgIpc) is 1.85. The molecule has 1 rings (SSSR count). The Morgan fingerprint density at radius 1 is 1.33 bits per heavy atom. The van der Waals surface area contributed by atoms with Gasteiger partial charge in [-0.2, -0.15) is 0 Å². The summed E-state index contributed by atoms with van der Waals surface area (Å²) in [6.45, 7) is -4.03. The predicted molar refractivity (Wildman–Crippen MR) is 37.2 cm³/mol. The van der Waals surface area contributed by atoms with E-state index < -0.39 is 6.98 Å². The van der Waals surface area contributed by atoms with Gasteiger partial charge in [-0.15, -0.1) is 5.98 Å². The monoisotopic (exact) mass is 204 g/mol. The topological polar surface area (TPSA) is 9.23 Å². The fourth-order valence-electron chi connectivity index (χ4n) is 1.08. The summed E-state index contributed by atoms with van der Waals surface area (Å²) in [5.74, 6) is 0.402. The van der Waals surface area contributed by atoms with E-state index in [-0.39, 0.29) is 58.0 Å². The van der Waals surface area contributed by atoms with Gasteiger partial charge in [0.25, 0.3) is 0 Å². The molecule has 12 heavy (non-hydrogen) atoms. The Morgan fingerprint density at radius 3 is 2.42 bits per heavy atom. The van der Waals surface area contributed by atoms with Crippen LogP contribution >= 0.6 is 0 Å². The smallest absolute Gasteiger partial charge is 0.445 e. The van der Waals surface area contributed by atoms with Gasteiger partial charge in [0.1, 0.15) is 0 Å². The van der Waals surface area contributed by atoms with Gasteiger partial charge in [0, 0.05) is 6.61 Å². The first-order valence-corrected chi connectivity index (χ1v) is 3.56. The molecule has 0 unspecified atom stereocenters. The minimum absolute atomic E-state index is 0. The second kappa shape index (κ2) is 5.82. The van der Waals surface area contributed by atoms with Gasteiger partial charge in [-0.25, -0.2) is 0 Å². The van der Waals surface area contributed by atoms with Gasteiger partial charge in [0.2, 0.25) is 0 Å². The van der Waals surface area contributed by atoms with Crippen LogP contribution < -0.4 is 51.4 Å². The summed E-state index contributed by atoms with van der Waals surface area (Å²) >= 11 is 0. The first kappa shape index (κ1) is 13.2. The van der Waals surface area contributed by atoms with Gasteiger partial charge in [-0.1, -0.05) is 5.57 Å². The van der Waals surface area contributed by atoms with E-state index in [9.17, 15) is 12.9 Å². The van der Waals surface area contributed by atoms with Crippen LogP contribution in [-0.4, -0.2) is 20.2 Å². The van der Waals surface area contributed by atoms with E-state index in [2.05, 4.69) is 0 Å². The molecule has 0 aromatic carbocycles. The summed E-state index contributed by atoms with van der Waals surface area (Å²) in [7, 11) is 0. The van der Waals surface area contributed by atoms with Crippen LogP contribution in [0.2, 0.25) is 0 Å². The molecule has 1 nitrogen and oxygen atoms in total. The maximum absolute atomic E-state index is 11.8. The molecule has 64 valence electrons. The molecule has 0 atom stereocenters. The van der Waals surface area contributed by atoms with Crippen LogP contribution in [0, 0.1) is 0 Å². The summed E-state index contributed by atoms with van der Waals surface area (Å²) in [4.78, 5) is 0. The van der Waals surface area contributed by atoms with Crippen molar-refractivity contribution in [2.75, 3.05) is 13.2 Å². The van der Waals surface area contributed by atoms with E-state index in [4.69, 9.17) is 4.74 Å². The molecular formula is C6H9BF3KO. The molecule has 1 aliphatic heterocycles. The van der Waals surface area contributed by atoms with Crippen LogP contribution in [-0.2, 0) is 4.74 Å². The second-order valence-corrected chi connectivity index (χ2v) is 2.61. The van der Waals surface area contributed by atoms with Crippen LogP contribution in [0.4, 0.5) is 12.9 Å². The quantitative estimate of drug-likeness (QED) is 0.503. The van der Waals surface area contributed by atoms with Crippen LogP contribution in [0.1, 0.15) is 12.8 Å². The largest absolute Gasteiger partial charge is 1.00 e. The number of ether oxygens (including phenoxy) is 1. The SMILES string of the molecule is F[B-](F)(F)/C=C1/CCCOC1.[K+]. The maximum Gasteiger partial charge on any atom is 1.00 e. The molecule has 0 aromatic rings. The Labute approximate surface area is 112 Å². The van der Waals surface area contributed by atoms with Crippen molar-refractivity contribution in [3.63, 3.8) is 0 Å². The van der Waals surface area contributed by atoms with Gasteiger partial charge in [0.05, 0.1) is 6.61 Å². The zero-order valence-electron chi connectivity index (χ0n) is 7.03. The van der Waals surface area contributed by atoms with Crippen LogP contribution in [0.15, 0.2) is 11.5 Å². The fraction of sp³-hybridized carbons (Fsp3) is 0.667. The first-order valence-electron chi connectivity index (χ1n) is 3.56. The summed E-state index contributed by atoms with van der Waals surface area (Å²) in [5, 5.41) is 0. The molecule has 0 N–H and O–H groups in total. The van der Waals surface area contributed by atoms with Gasteiger partial charge in [-0.05, 0) is 12.8 Å². The van der Waals surface area contributed by atoms with Gasteiger partial charge >= 0.3 is 58.4 Å². The van der Waals surface area contributed by atoms with E-state index in [1.165, 1.54) is 0 Å². The van der Waals surface area contributed by atoms with Crippen LogP contribution in [0.5, 0.6) is 0 Å². The molecule has 1 fully saturated rings. The zero-order chi connectivity index (χ0) is 8.32. The van der Waals surface area contributed by atoms with E-state index in [0.29, 0.717) is 31.0 Å². The van der Waals surface area contributed by atoms with Gasteiger partial charge < -0.3 is 17.7 Å². The van der Waals surface area contributed by atoms with Crippen molar-refractivity contribution in [3.05, 3.63) is 11.5 Å². The molecule has 0 bridgehead atoms. The fourth-order valence-corrected chi connectivity index (χ4v) is 1.08. The minimum Gasteiger partial charge on any atom is -0.445 e. The van der Waals surface area contributed by atoms with Gasteiger partial charge in [-0.3, -0.25) is 0 Å². The third-order valence-electron chi connectivity index (χ3n) is 1.50. The number of halogens is 3. The van der Waals surface area contributed by atoms with E-state index >= 15 is 0 Å². The molecule has 0 saturated carbocycles. The standard InChI is InChI=1S/C6H9BF3O.K/c8-7(9,10)4-6-2-1-3-11-5-6;/h4H,1-3,5H2;/q-1;+1/b6-4-;. The summed E-state index contributed by atoms with van der Waals surface area (Å²) in [6.07, 6.45) is 1.24. The zero-order valence-corrected chi connectivity index (χ0v) is 10.1. The Balaban J connectivity index is 0.00000121. The maximum atomic E-state index is 11.8. The second-order valence-electron chi connectivity index (χ2n) is 2.61. The molecule has 1 aliphatic rings. The molecule has 1 heterocycles. The minimum atomic E-state index is -4.77. The molecule has 0 aromatic heterocycles. The van der Waals surface area contributed by atoms with Crippen LogP contribution in [0.3, 0.4) is 0 Å². The van der Waals surface area contributed by atoms with Crippen molar-refractivity contribution in [2.24, 2.45) is 0 Å².